The number of thiophene rings is 1. The summed E-state index contributed by atoms with van der Waals surface area (Å²) in [6, 6.07) is 50.5. The first-order chi connectivity index (χ1) is 29.3. The molecule has 0 fully saturated rings. The lowest BCUT2D eigenvalue weighted by Gasteiger charge is -2.10. The highest BCUT2D eigenvalue weighted by Crippen LogP contribution is 2.44. The molecule has 0 saturated carbocycles. The molecule has 9 heteroatoms. The van der Waals surface area contributed by atoms with Crippen molar-refractivity contribution in [3.05, 3.63) is 183 Å². The van der Waals surface area contributed by atoms with Crippen molar-refractivity contribution in [3.8, 4) is 54.8 Å². The number of pyridine rings is 4. The van der Waals surface area contributed by atoms with Crippen LogP contribution in [-0.4, -0.2) is 39.0 Å². The molecule has 8 aromatic heterocycles. The normalized spacial score (nSPS) is 11.7. The third kappa shape index (κ3) is 5.22. The Morgan fingerprint density at radius 1 is 0.322 bits per heavy atom. The second kappa shape index (κ2) is 13.4. The monoisotopic (exact) mass is 774 g/mol. The average Bonchev–Trinajstić information content (AvgIpc) is 3.96. The van der Waals surface area contributed by atoms with E-state index in [-0.39, 0.29) is 0 Å². The molecule has 0 aliphatic carbocycles. The van der Waals surface area contributed by atoms with Gasteiger partial charge in [-0.1, -0.05) is 84.1 Å². The Labute approximate surface area is 341 Å². The van der Waals surface area contributed by atoms with Crippen LogP contribution < -0.4 is 0 Å². The quantitative estimate of drug-likeness (QED) is 0.167. The van der Waals surface area contributed by atoms with E-state index in [9.17, 15) is 0 Å². The van der Waals surface area contributed by atoms with Gasteiger partial charge >= 0.3 is 0 Å². The van der Waals surface area contributed by atoms with Gasteiger partial charge in [0, 0.05) is 59.1 Å². The van der Waals surface area contributed by atoms with Gasteiger partial charge in [-0.2, -0.15) is 0 Å². The summed E-state index contributed by atoms with van der Waals surface area (Å²) in [5, 5.41) is 4.05. The Morgan fingerprint density at radius 2 is 0.746 bits per heavy atom. The van der Waals surface area contributed by atoms with Crippen molar-refractivity contribution in [2.75, 3.05) is 0 Å². The van der Waals surface area contributed by atoms with Crippen LogP contribution in [0.3, 0.4) is 0 Å². The lowest BCUT2D eigenvalue weighted by Crippen LogP contribution is -1.93. The van der Waals surface area contributed by atoms with E-state index in [1.54, 1.807) is 23.7 Å². The second-order valence-corrected chi connectivity index (χ2v) is 15.3. The molecule has 12 aromatic rings. The summed E-state index contributed by atoms with van der Waals surface area (Å²) in [5.41, 5.74) is 16.0. The molecule has 8 nitrogen and oxygen atoms in total. The third-order valence-corrected chi connectivity index (χ3v) is 12.2. The van der Waals surface area contributed by atoms with Crippen LogP contribution >= 0.6 is 11.3 Å². The Morgan fingerprint density at radius 3 is 1.20 bits per heavy atom. The SMILES string of the molecule is c1ccc(-c2ccccc2-c2ccc3c(c2)c2ncccc2n3-c2sc(-n3c4ccc(-c5ccccc5-c5ccccn5)cc4c4ncccc43)c3nccnc23)nc1. The lowest BCUT2D eigenvalue weighted by atomic mass is 9.96. The first kappa shape index (κ1) is 33.3. The van der Waals surface area contributed by atoms with E-state index in [1.165, 1.54) is 0 Å². The molecule has 0 spiro atoms. The Kier molecular flexibility index (Phi) is 7.54. The van der Waals surface area contributed by atoms with Gasteiger partial charge in [0.15, 0.2) is 0 Å². The van der Waals surface area contributed by atoms with Crippen LogP contribution in [0.4, 0.5) is 0 Å². The summed E-state index contributed by atoms with van der Waals surface area (Å²) < 4.78 is 4.60. The topological polar surface area (TPSA) is 87.2 Å². The number of aromatic nitrogens is 8. The van der Waals surface area contributed by atoms with Gasteiger partial charge in [0.25, 0.3) is 0 Å². The van der Waals surface area contributed by atoms with Crippen LogP contribution in [0, 0.1) is 0 Å². The number of nitrogens with zero attached hydrogens (tertiary/aromatic N) is 8. The van der Waals surface area contributed by atoms with Crippen molar-refractivity contribution >= 4 is 66.2 Å². The van der Waals surface area contributed by atoms with Crippen molar-refractivity contribution in [1.82, 2.24) is 39.0 Å². The maximum absolute atomic E-state index is 5.01. The van der Waals surface area contributed by atoms with Crippen LogP contribution in [0.25, 0.3) is 110 Å². The zero-order chi connectivity index (χ0) is 38.9. The summed E-state index contributed by atoms with van der Waals surface area (Å²) >= 11 is 1.68. The smallest absolute Gasteiger partial charge is 0.131 e. The van der Waals surface area contributed by atoms with Crippen molar-refractivity contribution in [1.29, 1.82) is 0 Å². The molecular formula is C50H30N8S. The van der Waals surface area contributed by atoms with Crippen molar-refractivity contribution in [2.24, 2.45) is 0 Å². The van der Waals surface area contributed by atoms with Crippen molar-refractivity contribution in [2.45, 2.75) is 0 Å². The predicted molar refractivity (Wildman–Crippen MR) is 239 cm³/mol. The fourth-order valence-electron chi connectivity index (χ4n) is 8.55. The molecule has 8 heterocycles. The molecule has 0 unspecified atom stereocenters. The van der Waals surface area contributed by atoms with Crippen LogP contribution in [0.2, 0.25) is 0 Å². The number of fused-ring (bicyclic) bond motifs is 7. The third-order valence-electron chi connectivity index (χ3n) is 11.1. The van der Waals surface area contributed by atoms with Gasteiger partial charge in [-0.3, -0.25) is 29.1 Å². The van der Waals surface area contributed by atoms with E-state index in [4.69, 9.17) is 19.9 Å². The van der Waals surface area contributed by atoms with E-state index in [0.717, 1.165) is 110 Å². The molecule has 0 atom stereocenters. The van der Waals surface area contributed by atoms with Gasteiger partial charge in [0.1, 0.15) is 21.0 Å². The molecule has 0 saturated heterocycles. The van der Waals surface area contributed by atoms with Gasteiger partial charge in [-0.15, -0.1) is 0 Å². The average molecular weight is 775 g/mol. The summed E-state index contributed by atoms with van der Waals surface area (Å²) in [6.07, 6.45) is 11.0. The highest BCUT2D eigenvalue weighted by Gasteiger charge is 2.25. The minimum absolute atomic E-state index is 0.819. The van der Waals surface area contributed by atoms with Gasteiger partial charge in [-0.25, -0.2) is 9.97 Å². The summed E-state index contributed by atoms with van der Waals surface area (Å²) in [7, 11) is 0. The first-order valence-electron chi connectivity index (χ1n) is 19.3. The van der Waals surface area contributed by atoms with Gasteiger partial charge in [-0.05, 0) is 95.1 Å². The van der Waals surface area contributed by atoms with Crippen molar-refractivity contribution in [3.63, 3.8) is 0 Å². The molecule has 12 rings (SSSR count). The van der Waals surface area contributed by atoms with Crippen LogP contribution in [-0.2, 0) is 0 Å². The zero-order valence-electron chi connectivity index (χ0n) is 31.3. The van der Waals surface area contributed by atoms with Crippen LogP contribution in [0.1, 0.15) is 0 Å². The number of rotatable bonds is 6. The van der Waals surface area contributed by atoms with Gasteiger partial charge < -0.3 is 0 Å². The lowest BCUT2D eigenvalue weighted by molar-refractivity contribution is 1.19. The Balaban J connectivity index is 1.07. The number of hydrogen-bond acceptors (Lipinski definition) is 7. The minimum atomic E-state index is 0.819. The molecule has 0 bridgehead atoms. The molecule has 0 radical (unpaired) electrons. The molecule has 0 amide bonds. The maximum atomic E-state index is 5.01. The highest BCUT2D eigenvalue weighted by atomic mass is 32.1. The van der Waals surface area contributed by atoms with Gasteiger partial charge in [0.2, 0.25) is 0 Å². The maximum Gasteiger partial charge on any atom is 0.131 e. The number of benzene rings is 4. The van der Waals surface area contributed by atoms with Crippen LogP contribution in [0.5, 0.6) is 0 Å². The van der Waals surface area contributed by atoms with Crippen molar-refractivity contribution < 1.29 is 0 Å². The van der Waals surface area contributed by atoms with E-state index < -0.39 is 0 Å². The van der Waals surface area contributed by atoms with E-state index >= 15 is 0 Å². The Bertz CT molecular complexity index is 3340. The number of hydrogen-bond donors (Lipinski definition) is 0. The highest BCUT2D eigenvalue weighted by molar-refractivity contribution is 7.19. The largest absolute Gasteiger partial charge is 0.297 e. The molecule has 276 valence electrons. The molecule has 0 aliphatic heterocycles. The molecule has 59 heavy (non-hydrogen) atoms. The standard InChI is InChI=1S/C50H30N8S/c1-3-13-35(39-15-5-7-23-51-39)33(11-1)31-19-21-41-37(29-31)45-43(17-9-25-53-45)57(41)49-47-48(56-28-27-55-47)50(59-49)58-42-22-20-32(30-38(42)46-44(58)18-10-26-54-46)34-12-2-4-14-36(34)40-16-6-8-24-52-40/h1-30H. The summed E-state index contributed by atoms with van der Waals surface area (Å²) in [5.74, 6) is 0. The fraction of sp³-hybridized carbons (Fsp3) is 0. The zero-order valence-corrected chi connectivity index (χ0v) is 32.1. The summed E-state index contributed by atoms with van der Waals surface area (Å²) in [6.45, 7) is 0. The van der Waals surface area contributed by atoms with Crippen LogP contribution in [0.15, 0.2) is 183 Å². The molecule has 4 aromatic carbocycles. The molecular weight excluding hydrogens is 745 g/mol. The van der Waals surface area contributed by atoms with E-state index in [1.807, 2.05) is 61.2 Å². The fourth-order valence-corrected chi connectivity index (χ4v) is 9.80. The predicted octanol–water partition coefficient (Wildman–Crippen LogP) is 12.1. The first-order valence-corrected chi connectivity index (χ1v) is 20.2. The summed E-state index contributed by atoms with van der Waals surface area (Å²) in [4.78, 5) is 29.3. The van der Waals surface area contributed by atoms with Gasteiger partial charge in [0.05, 0.1) is 44.5 Å². The molecule has 0 N–H and O–H groups in total. The van der Waals surface area contributed by atoms with E-state index in [0.29, 0.717) is 0 Å². The Hall–Kier alpha value is -7.88. The second-order valence-electron chi connectivity index (χ2n) is 14.4. The van der Waals surface area contributed by atoms with E-state index in [2.05, 4.69) is 128 Å². The molecule has 0 aliphatic rings. The minimum Gasteiger partial charge on any atom is -0.297 e.